The van der Waals surface area contributed by atoms with Crippen molar-refractivity contribution in [3.05, 3.63) is 77.9 Å². The molecule has 1 saturated heterocycles. The van der Waals surface area contributed by atoms with Crippen LogP contribution in [-0.2, 0) is 10.0 Å². The van der Waals surface area contributed by atoms with Crippen LogP contribution in [-0.4, -0.2) is 41.9 Å². The van der Waals surface area contributed by atoms with E-state index < -0.39 is 10.0 Å². The molecule has 0 unspecified atom stereocenters. The van der Waals surface area contributed by atoms with Crippen molar-refractivity contribution < 1.29 is 13.2 Å². The molecule has 1 aliphatic heterocycles. The standard InChI is InChI=1S/C23H26N4O3S/c1-17-3-4-18(2)22(15-17)31(29,30)25-20-7-5-19(6-8-20)23(28)26-12-9-21(10-13-26)27-14-11-24-16-27/h3-8,11,14-16,21,25H,9-10,12-13H2,1-2H3. The smallest absolute Gasteiger partial charge is 0.262 e. The summed E-state index contributed by atoms with van der Waals surface area (Å²) in [5.74, 6) is -0.0342. The van der Waals surface area contributed by atoms with Gasteiger partial charge in [0.1, 0.15) is 0 Å². The summed E-state index contributed by atoms with van der Waals surface area (Å²) in [6.45, 7) is 4.99. The molecule has 31 heavy (non-hydrogen) atoms. The normalized spacial score (nSPS) is 15.1. The first-order chi connectivity index (χ1) is 14.8. The number of hydrogen-bond acceptors (Lipinski definition) is 4. The van der Waals surface area contributed by atoms with Crippen molar-refractivity contribution in [2.45, 2.75) is 37.6 Å². The number of aryl methyl sites for hydroxylation is 2. The highest BCUT2D eigenvalue weighted by atomic mass is 32.2. The maximum absolute atomic E-state index is 12.9. The highest BCUT2D eigenvalue weighted by molar-refractivity contribution is 7.92. The number of aromatic nitrogens is 2. The summed E-state index contributed by atoms with van der Waals surface area (Å²) >= 11 is 0. The van der Waals surface area contributed by atoms with Gasteiger partial charge in [0.25, 0.3) is 15.9 Å². The van der Waals surface area contributed by atoms with Gasteiger partial charge in [-0.1, -0.05) is 12.1 Å². The van der Waals surface area contributed by atoms with E-state index in [0.717, 1.165) is 18.4 Å². The summed E-state index contributed by atoms with van der Waals surface area (Å²) < 4.78 is 30.3. The van der Waals surface area contributed by atoms with Crippen molar-refractivity contribution in [1.29, 1.82) is 0 Å². The number of nitrogens with one attached hydrogen (secondary N) is 1. The molecule has 1 aliphatic rings. The molecule has 3 aromatic rings. The Morgan fingerprint density at radius 2 is 1.77 bits per heavy atom. The van der Waals surface area contributed by atoms with Crippen LogP contribution in [0.2, 0.25) is 0 Å². The summed E-state index contributed by atoms with van der Waals surface area (Å²) in [5.41, 5.74) is 2.54. The van der Waals surface area contributed by atoms with Gasteiger partial charge in [0.05, 0.1) is 11.2 Å². The van der Waals surface area contributed by atoms with Gasteiger partial charge in [0.2, 0.25) is 0 Å². The molecule has 0 spiro atoms. The zero-order chi connectivity index (χ0) is 22.0. The van der Waals surface area contributed by atoms with E-state index in [-0.39, 0.29) is 10.8 Å². The third kappa shape index (κ3) is 4.64. The second kappa shape index (κ2) is 8.55. The third-order valence-corrected chi connectivity index (χ3v) is 7.24. The molecule has 1 N–H and O–H groups in total. The Hall–Kier alpha value is -3.13. The Balaban J connectivity index is 1.41. The lowest BCUT2D eigenvalue weighted by Gasteiger charge is -2.32. The van der Waals surface area contributed by atoms with Gasteiger partial charge in [0, 0.05) is 42.8 Å². The number of rotatable bonds is 5. The van der Waals surface area contributed by atoms with E-state index in [1.807, 2.05) is 30.4 Å². The number of anilines is 1. The van der Waals surface area contributed by atoms with Gasteiger partial charge in [-0.15, -0.1) is 0 Å². The Kier molecular flexibility index (Phi) is 5.82. The number of carbonyl (C=O) groups excluding carboxylic acids is 1. The van der Waals surface area contributed by atoms with Crippen LogP contribution in [0.1, 0.15) is 40.4 Å². The van der Waals surface area contributed by atoms with E-state index in [1.165, 1.54) is 0 Å². The van der Waals surface area contributed by atoms with E-state index in [0.29, 0.717) is 35.9 Å². The maximum Gasteiger partial charge on any atom is 0.262 e. The minimum atomic E-state index is -3.70. The molecule has 1 aromatic heterocycles. The number of nitrogens with zero attached hydrogens (tertiary/aromatic N) is 3. The van der Waals surface area contributed by atoms with Crippen molar-refractivity contribution in [2.24, 2.45) is 0 Å². The van der Waals surface area contributed by atoms with Gasteiger partial charge in [-0.2, -0.15) is 0 Å². The first-order valence-electron chi connectivity index (χ1n) is 10.3. The van der Waals surface area contributed by atoms with Crippen LogP contribution in [0.25, 0.3) is 0 Å². The molecule has 2 heterocycles. The van der Waals surface area contributed by atoms with Crippen molar-refractivity contribution in [3.8, 4) is 0 Å². The van der Waals surface area contributed by atoms with Gasteiger partial charge in [0.15, 0.2) is 0 Å². The molecule has 0 atom stereocenters. The number of benzene rings is 2. The molecule has 0 radical (unpaired) electrons. The number of likely N-dealkylation sites (tertiary alicyclic amines) is 1. The van der Waals surface area contributed by atoms with Crippen LogP contribution < -0.4 is 4.72 Å². The van der Waals surface area contributed by atoms with Crippen LogP contribution in [0.15, 0.2) is 66.1 Å². The lowest BCUT2D eigenvalue weighted by atomic mass is 10.0. The number of sulfonamides is 1. The Bertz CT molecular complexity index is 1160. The highest BCUT2D eigenvalue weighted by Crippen LogP contribution is 2.24. The second-order valence-corrected chi connectivity index (χ2v) is 9.64. The first kappa shape index (κ1) is 21.1. The zero-order valence-electron chi connectivity index (χ0n) is 17.7. The molecule has 0 bridgehead atoms. The molecule has 1 amide bonds. The minimum Gasteiger partial charge on any atom is -0.338 e. The topological polar surface area (TPSA) is 84.3 Å². The lowest BCUT2D eigenvalue weighted by Crippen LogP contribution is -2.38. The van der Waals surface area contributed by atoms with Crippen molar-refractivity contribution in [1.82, 2.24) is 14.5 Å². The van der Waals surface area contributed by atoms with Crippen LogP contribution in [0.4, 0.5) is 5.69 Å². The fraction of sp³-hybridized carbons (Fsp3) is 0.304. The largest absolute Gasteiger partial charge is 0.338 e. The van der Waals surface area contributed by atoms with E-state index in [9.17, 15) is 13.2 Å². The average molecular weight is 439 g/mol. The maximum atomic E-state index is 12.9. The van der Waals surface area contributed by atoms with Crippen LogP contribution in [0, 0.1) is 13.8 Å². The summed E-state index contributed by atoms with van der Waals surface area (Å²) in [5, 5.41) is 0. The van der Waals surface area contributed by atoms with Crippen molar-refractivity contribution >= 4 is 21.6 Å². The van der Waals surface area contributed by atoms with E-state index in [1.54, 1.807) is 49.5 Å². The Labute approximate surface area is 182 Å². The van der Waals surface area contributed by atoms with E-state index >= 15 is 0 Å². The lowest BCUT2D eigenvalue weighted by molar-refractivity contribution is 0.0694. The number of amides is 1. The van der Waals surface area contributed by atoms with E-state index in [2.05, 4.69) is 14.3 Å². The predicted molar refractivity (Wildman–Crippen MR) is 120 cm³/mol. The Morgan fingerprint density at radius 3 is 2.42 bits per heavy atom. The van der Waals surface area contributed by atoms with Crippen molar-refractivity contribution in [3.63, 3.8) is 0 Å². The molecule has 162 valence electrons. The summed E-state index contributed by atoms with van der Waals surface area (Å²) in [4.78, 5) is 19.1. The zero-order valence-corrected chi connectivity index (χ0v) is 18.5. The van der Waals surface area contributed by atoms with Crippen molar-refractivity contribution in [2.75, 3.05) is 17.8 Å². The summed E-state index contributed by atoms with van der Waals surface area (Å²) in [6.07, 6.45) is 7.32. The molecule has 7 nitrogen and oxygen atoms in total. The first-order valence-corrected chi connectivity index (χ1v) is 11.8. The predicted octanol–water partition coefficient (Wildman–Crippen LogP) is 3.78. The average Bonchev–Trinajstić information content (AvgIpc) is 3.30. The van der Waals surface area contributed by atoms with Crippen LogP contribution in [0.5, 0.6) is 0 Å². The molecular formula is C23H26N4O3S. The van der Waals surface area contributed by atoms with Crippen LogP contribution >= 0.6 is 0 Å². The fourth-order valence-corrected chi connectivity index (χ4v) is 5.31. The number of imidazole rings is 1. The number of piperidine rings is 1. The molecule has 0 saturated carbocycles. The minimum absolute atomic E-state index is 0.0342. The highest BCUT2D eigenvalue weighted by Gasteiger charge is 2.24. The summed E-state index contributed by atoms with van der Waals surface area (Å²) in [6, 6.07) is 12.3. The van der Waals surface area contributed by atoms with E-state index in [4.69, 9.17) is 0 Å². The molecular weight excluding hydrogens is 412 g/mol. The quantitative estimate of drug-likeness (QED) is 0.657. The molecule has 2 aromatic carbocycles. The van der Waals surface area contributed by atoms with Gasteiger partial charge in [-0.3, -0.25) is 9.52 Å². The monoisotopic (exact) mass is 438 g/mol. The Morgan fingerprint density at radius 1 is 1.06 bits per heavy atom. The molecule has 0 aliphatic carbocycles. The molecule has 8 heteroatoms. The van der Waals surface area contributed by atoms with Gasteiger partial charge in [-0.05, 0) is 68.1 Å². The molecule has 4 rings (SSSR count). The fourth-order valence-electron chi connectivity index (χ4n) is 3.92. The number of hydrogen-bond donors (Lipinski definition) is 1. The number of carbonyl (C=O) groups is 1. The van der Waals surface area contributed by atoms with Gasteiger partial charge < -0.3 is 9.47 Å². The second-order valence-electron chi connectivity index (χ2n) is 7.99. The molecule has 1 fully saturated rings. The van der Waals surface area contributed by atoms with Gasteiger partial charge in [-0.25, -0.2) is 13.4 Å². The third-order valence-electron chi connectivity index (χ3n) is 5.72. The summed E-state index contributed by atoms with van der Waals surface area (Å²) in [7, 11) is -3.70. The SMILES string of the molecule is Cc1ccc(C)c(S(=O)(=O)Nc2ccc(C(=O)N3CCC(n4ccnc4)CC3)cc2)c1. The van der Waals surface area contributed by atoms with Gasteiger partial charge >= 0.3 is 0 Å². The van der Waals surface area contributed by atoms with Crippen LogP contribution in [0.3, 0.4) is 0 Å².